The second kappa shape index (κ2) is 3.99. The second-order valence-electron chi connectivity index (χ2n) is 4.50. The highest BCUT2D eigenvalue weighted by Crippen LogP contribution is 2.28. The Balaban J connectivity index is 3.33. The zero-order chi connectivity index (χ0) is 12.6. The van der Waals surface area contributed by atoms with Crippen molar-refractivity contribution in [1.29, 1.82) is 0 Å². The summed E-state index contributed by atoms with van der Waals surface area (Å²) in [5, 5.41) is 0. The number of hydrogen-bond acceptors (Lipinski definition) is 3. The van der Waals surface area contributed by atoms with Gasteiger partial charge in [0.25, 0.3) is 0 Å². The van der Waals surface area contributed by atoms with Crippen molar-refractivity contribution in [2.24, 2.45) is 0 Å². The molecular weight excluding hydrogens is 219 g/mol. The first-order valence-electron chi connectivity index (χ1n) is 4.97. The molecule has 1 aromatic heterocycles. The summed E-state index contributed by atoms with van der Waals surface area (Å²) in [6, 6.07) is 0. The van der Waals surface area contributed by atoms with E-state index in [-0.39, 0.29) is 11.6 Å². The molecule has 0 unspecified atom stereocenters. The standard InChI is InChI=1S/C10H14F3N3/c1-5-6-14-7(9(2,3)4)16-8(15-6)10(11,12)13/h5H2,1-4H3. The molecule has 0 aliphatic carbocycles. The van der Waals surface area contributed by atoms with E-state index in [4.69, 9.17) is 0 Å². The SMILES string of the molecule is CCc1nc(C(C)(C)C)nc(C(F)(F)F)n1. The Kier molecular flexibility index (Phi) is 3.21. The van der Waals surface area contributed by atoms with Gasteiger partial charge in [0.05, 0.1) is 0 Å². The van der Waals surface area contributed by atoms with Crippen molar-refractivity contribution in [3.8, 4) is 0 Å². The predicted octanol–water partition coefficient (Wildman–Crippen LogP) is 2.75. The maximum Gasteiger partial charge on any atom is 0.451 e. The molecule has 0 aliphatic rings. The van der Waals surface area contributed by atoms with Crippen molar-refractivity contribution >= 4 is 0 Å². The van der Waals surface area contributed by atoms with Gasteiger partial charge >= 0.3 is 6.18 Å². The van der Waals surface area contributed by atoms with Crippen LogP contribution in [0, 0.1) is 0 Å². The maximum absolute atomic E-state index is 12.5. The van der Waals surface area contributed by atoms with Crippen LogP contribution in [0.15, 0.2) is 0 Å². The molecule has 90 valence electrons. The van der Waals surface area contributed by atoms with Crippen molar-refractivity contribution in [3.63, 3.8) is 0 Å². The largest absolute Gasteiger partial charge is 0.451 e. The van der Waals surface area contributed by atoms with Gasteiger partial charge in [-0.15, -0.1) is 0 Å². The third-order valence-corrected chi connectivity index (χ3v) is 1.92. The van der Waals surface area contributed by atoms with E-state index < -0.39 is 17.4 Å². The molecule has 1 rings (SSSR count). The van der Waals surface area contributed by atoms with Gasteiger partial charge in [0.15, 0.2) is 0 Å². The number of alkyl halides is 3. The van der Waals surface area contributed by atoms with E-state index in [2.05, 4.69) is 15.0 Å². The lowest BCUT2D eigenvalue weighted by Gasteiger charge is -2.18. The van der Waals surface area contributed by atoms with E-state index in [1.54, 1.807) is 27.7 Å². The first-order chi connectivity index (χ1) is 7.14. The molecule has 0 saturated heterocycles. The normalized spacial score (nSPS) is 12.9. The highest BCUT2D eigenvalue weighted by Gasteiger charge is 2.36. The number of hydrogen-bond donors (Lipinski definition) is 0. The molecule has 1 aromatic rings. The monoisotopic (exact) mass is 233 g/mol. The van der Waals surface area contributed by atoms with Crippen molar-refractivity contribution in [1.82, 2.24) is 15.0 Å². The van der Waals surface area contributed by atoms with Crippen molar-refractivity contribution < 1.29 is 13.2 Å². The Hall–Kier alpha value is -1.20. The Labute approximate surface area is 92.1 Å². The van der Waals surface area contributed by atoms with Crippen LogP contribution in [-0.4, -0.2) is 15.0 Å². The average molecular weight is 233 g/mol. The summed E-state index contributed by atoms with van der Waals surface area (Å²) < 4.78 is 37.6. The molecule has 0 fully saturated rings. The lowest BCUT2D eigenvalue weighted by atomic mass is 9.96. The van der Waals surface area contributed by atoms with Gasteiger partial charge in [-0.25, -0.2) is 15.0 Å². The summed E-state index contributed by atoms with van der Waals surface area (Å²) >= 11 is 0. The zero-order valence-electron chi connectivity index (χ0n) is 9.68. The summed E-state index contributed by atoms with van der Waals surface area (Å²) in [7, 11) is 0. The summed E-state index contributed by atoms with van der Waals surface area (Å²) in [6.07, 6.45) is -4.17. The molecule has 6 heteroatoms. The third-order valence-electron chi connectivity index (χ3n) is 1.92. The van der Waals surface area contributed by atoms with Crippen molar-refractivity contribution in [3.05, 3.63) is 17.5 Å². The zero-order valence-corrected chi connectivity index (χ0v) is 9.68. The fourth-order valence-electron chi connectivity index (χ4n) is 1.04. The molecule has 16 heavy (non-hydrogen) atoms. The maximum atomic E-state index is 12.5. The molecule has 0 amide bonds. The van der Waals surface area contributed by atoms with Crippen LogP contribution in [0.5, 0.6) is 0 Å². The van der Waals surface area contributed by atoms with Gasteiger partial charge in [-0.2, -0.15) is 13.2 Å². The molecule has 0 aromatic carbocycles. The van der Waals surface area contributed by atoms with Crippen LogP contribution in [0.3, 0.4) is 0 Å². The van der Waals surface area contributed by atoms with E-state index >= 15 is 0 Å². The van der Waals surface area contributed by atoms with Gasteiger partial charge in [0.2, 0.25) is 5.82 Å². The fraction of sp³-hybridized carbons (Fsp3) is 0.700. The van der Waals surface area contributed by atoms with E-state index in [1.807, 2.05) is 0 Å². The Morgan fingerprint density at radius 1 is 0.938 bits per heavy atom. The van der Waals surface area contributed by atoms with Crippen LogP contribution in [0.2, 0.25) is 0 Å². The number of halogens is 3. The predicted molar refractivity (Wildman–Crippen MR) is 52.9 cm³/mol. The summed E-state index contributed by atoms with van der Waals surface area (Å²) in [6.45, 7) is 7.01. The highest BCUT2D eigenvalue weighted by molar-refractivity contribution is 5.07. The molecule has 0 bridgehead atoms. The van der Waals surface area contributed by atoms with Crippen LogP contribution < -0.4 is 0 Å². The minimum Gasteiger partial charge on any atom is -0.217 e. The average Bonchev–Trinajstić information content (AvgIpc) is 2.14. The molecule has 1 heterocycles. The smallest absolute Gasteiger partial charge is 0.217 e. The lowest BCUT2D eigenvalue weighted by Crippen LogP contribution is -2.23. The van der Waals surface area contributed by atoms with Crippen LogP contribution in [0.25, 0.3) is 0 Å². The number of aromatic nitrogens is 3. The Morgan fingerprint density at radius 2 is 1.44 bits per heavy atom. The topological polar surface area (TPSA) is 38.7 Å². The van der Waals surface area contributed by atoms with Gasteiger partial charge in [-0.1, -0.05) is 27.7 Å². The van der Waals surface area contributed by atoms with Crippen molar-refractivity contribution in [2.45, 2.75) is 45.7 Å². The Bertz CT molecular complexity index is 348. The lowest BCUT2D eigenvalue weighted by molar-refractivity contribution is -0.145. The molecule has 0 atom stereocenters. The summed E-state index contributed by atoms with van der Waals surface area (Å²) in [5.74, 6) is -0.761. The van der Waals surface area contributed by atoms with Gasteiger partial charge < -0.3 is 0 Å². The van der Waals surface area contributed by atoms with Gasteiger partial charge in [0, 0.05) is 11.8 Å². The number of nitrogens with zero attached hydrogens (tertiary/aromatic N) is 3. The Morgan fingerprint density at radius 3 is 1.81 bits per heavy atom. The number of rotatable bonds is 1. The molecule has 0 spiro atoms. The van der Waals surface area contributed by atoms with Crippen LogP contribution in [-0.2, 0) is 18.0 Å². The first-order valence-corrected chi connectivity index (χ1v) is 4.97. The van der Waals surface area contributed by atoms with Gasteiger partial charge in [-0.3, -0.25) is 0 Å². The van der Waals surface area contributed by atoms with E-state index in [0.717, 1.165) is 0 Å². The molecular formula is C10H14F3N3. The number of aryl methyl sites for hydroxylation is 1. The molecule has 3 nitrogen and oxygen atoms in total. The molecule has 0 saturated carbocycles. The van der Waals surface area contributed by atoms with Gasteiger partial charge in [0.1, 0.15) is 11.6 Å². The van der Waals surface area contributed by atoms with Crippen molar-refractivity contribution in [2.75, 3.05) is 0 Å². The molecule has 0 N–H and O–H groups in total. The first kappa shape index (κ1) is 12.9. The van der Waals surface area contributed by atoms with E-state index in [0.29, 0.717) is 6.42 Å². The van der Waals surface area contributed by atoms with E-state index in [1.165, 1.54) is 0 Å². The third kappa shape index (κ3) is 2.90. The summed E-state index contributed by atoms with van der Waals surface area (Å²) in [5.41, 5.74) is -0.521. The minimum absolute atomic E-state index is 0.173. The highest BCUT2D eigenvalue weighted by atomic mass is 19.4. The fourth-order valence-corrected chi connectivity index (χ4v) is 1.04. The van der Waals surface area contributed by atoms with Crippen LogP contribution in [0.4, 0.5) is 13.2 Å². The summed E-state index contributed by atoms with van der Waals surface area (Å²) in [4.78, 5) is 10.9. The minimum atomic E-state index is -4.52. The van der Waals surface area contributed by atoms with Crippen LogP contribution >= 0.6 is 0 Å². The quantitative estimate of drug-likeness (QED) is 0.748. The molecule has 0 radical (unpaired) electrons. The molecule has 0 aliphatic heterocycles. The van der Waals surface area contributed by atoms with Gasteiger partial charge in [-0.05, 0) is 0 Å². The second-order valence-corrected chi connectivity index (χ2v) is 4.50. The van der Waals surface area contributed by atoms with E-state index in [9.17, 15) is 13.2 Å². The van der Waals surface area contributed by atoms with Crippen LogP contribution in [0.1, 0.15) is 45.2 Å².